The maximum atomic E-state index is 13.3. The van der Waals surface area contributed by atoms with Crippen LogP contribution in [0, 0.1) is 0 Å². The van der Waals surface area contributed by atoms with Crippen LogP contribution in [0.15, 0.2) is 82.4 Å². The van der Waals surface area contributed by atoms with Crippen LogP contribution in [0.1, 0.15) is 33.9 Å². The van der Waals surface area contributed by atoms with E-state index in [1.54, 1.807) is 29.3 Å². The maximum Gasteiger partial charge on any atom is 0.251 e. The molecule has 6 heteroatoms. The van der Waals surface area contributed by atoms with Crippen molar-refractivity contribution in [1.82, 2.24) is 5.01 Å². The zero-order valence-electron chi connectivity index (χ0n) is 15.3. The third-order valence-corrected chi connectivity index (χ3v) is 6.01. The Labute approximate surface area is 181 Å². The number of ether oxygens (including phenoxy) is 1. The van der Waals surface area contributed by atoms with Crippen LogP contribution in [0.5, 0.6) is 5.75 Å². The molecule has 29 heavy (non-hydrogen) atoms. The largest absolute Gasteiger partial charge is 0.461 e. The van der Waals surface area contributed by atoms with Crippen LogP contribution in [-0.2, 0) is 0 Å². The van der Waals surface area contributed by atoms with Gasteiger partial charge in [0.25, 0.3) is 6.23 Å². The first-order valence-corrected chi connectivity index (χ1v) is 10.4. The minimum atomic E-state index is -0.816. The van der Waals surface area contributed by atoms with Crippen molar-refractivity contribution in [1.29, 1.82) is 0 Å². The second kappa shape index (κ2) is 7.32. The summed E-state index contributed by atoms with van der Waals surface area (Å²) in [6, 6.07) is 22.7. The van der Waals surface area contributed by atoms with E-state index in [1.165, 1.54) is 0 Å². The minimum absolute atomic E-state index is 0.0418. The minimum Gasteiger partial charge on any atom is -0.461 e. The molecule has 0 saturated heterocycles. The van der Waals surface area contributed by atoms with Gasteiger partial charge in [0.15, 0.2) is 0 Å². The van der Waals surface area contributed by atoms with Crippen LogP contribution in [0.25, 0.3) is 0 Å². The highest BCUT2D eigenvalue weighted by Gasteiger charge is 2.43. The number of carbonyl (C=O) groups excluding carboxylic acids is 1. The third-order valence-electron chi connectivity index (χ3n) is 5.23. The Hall–Kier alpha value is -2.63. The van der Waals surface area contributed by atoms with E-state index in [4.69, 9.17) is 21.4 Å². The van der Waals surface area contributed by atoms with Crippen LogP contribution < -0.4 is 4.74 Å². The summed E-state index contributed by atoms with van der Waals surface area (Å²) in [5.41, 5.74) is 3.57. The second-order valence-electron chi connectivity index (χ2n) is 7.03. The van der Waals surface area contributed by atoms with E-state index in [9.17, 15) is 4.79 Å². The Balaban J connectivity index is 1.55. The molecule has 3 aromatic carbocycles. The topological polar surface area (TPSA) is 41.9 Å². The highest BCUT2D eigenvalue weighted by molar-refractivity contribution is 9.10. The summed E-state index contributed by atoms with van der Waals surface area (Å²) in [6.45, 7) is 0. The molecule has 2 atom stereocenters. The average Bonchev–Trinajstić information content (AvgIpc) is 3.19. The zero-order chi connectivity index (χ0) is 20.0. The predicted molar refractivity (Wildman–Crippen MR) is 117 cm³/mol. The summed E-state index contributed by atoms with van der Waals surface area (Å²) in [4.78, 5) is 13.3. The predicted octanol–water partition coefficient (Wildman–Crippen LogP) is 5.86. The molecule has 0 amide bonds. The molecule has 5 rings (SSSR count). The van der Waals surface area contributed by atoms with Gasteiger partial charge in [-0.3, -0.25) is 4.79 Å². The number of hydrogen-bond acceptors (Lipinski definition) is 4. The number of hydrazone groups is 1. The van der Waals surface area contributed by atoms with Gasteiger partial charge in [-0.15, -0.1) is 0 Å². The van der Waals surface area contributed by atoms with Crippen molar-refractivity contribution in [2.45, 2.75) is 18.7 Å². The SMILES string of the molecule is O=C(c1ccc(Cl)cc1)[C@H]1Oc2ccccc2[C@H]2CC(c3ccc(Br)cc3)=NN12. The van der Waals surface area contributed by atoms with E-state index in [0.29, 0.717) is 17.0 Å². The van der Waals surface area contributed by atoms with Gasteiger partial charge in [-0.05, 0) is 48.0 Å². The lowest BCUT2D eigenvalue weighted by atomic mass is 9.96. The number of benzene rings is 3. The molecule has 2 heterocycles. The molecule has 2 aliphatic heterocycles. The number of Topliss-reactive ketones (excluding diaryl/α,β-unsaturated/α-hetero) is 1. The van der Waals surface area contributed by atoms with Gasteiger partial charge in [0.2, 0.25) is 5.78 Å². The van der Waals surface area contributed by atoms with Crippen molar-refractivity contribution in [3.05, 3.63) is 99.0 Å². The van der Waals surface area contributed by atoms with E-state index in [-0.39, 0.29) is 11.8 Å². The van der Waals surface area contributed by atoms with Gasteiger partial charge in [-0.25, -0.2) is 5.01 Å². The molecule has 3 aromatic rings. The van der Waals surface area contributed by atoms with Gasteiger partial charge in [-0.2, -0.15) is 5.10 Å². The van der Waals surface area contributed by atoms with E-state index in [2.05, 4.69) is 15.9 Å². The number of ketones is 1. The molecule has 0 bridgehead atoms. The Kier molecular flexibility index (Phi) is 4.64. The van der Waals surface area contributed by atoms with Gasteiger partial charge in [0.1, 0.15) is 5.75 Å². The van der Waals surface area contributed by atoms with E-state index >= 15 is 0 Å². The Morgan fingerprint density at radius 3 is 2.52 bits per heavy atom. The molecule has 0 spiro atoms. The normalized spacial score (nSPS) is 19.8. The van der Waals surface area contributed by atoms with Gasteiger partial charge in [0.05, 0.1) is 11.8 Å². The monoisotopic (exact) mass is 466 g/mol. The molecular weight excluding hydrogens is 452 g/mol. The van der Waals surface area contributed by atoms with Crippen molar-refractivity contribution in [3.63, 3.8) is 0 Å². The van der Waals surface area contributed by atoms with Crippen LogP contribution in [-0.4, -0.2) is 22.7 Å². The molecule has 0 radical (unpaired) electrons. The summed E-state index contributed by atoms with van der Waals surface area (Å²) >= 11 is 9.45. The highest BCUT2D eigenvalue weighted by atomic mass is 79.9. The van der Waals surface area contributed by atoms with Gasteiger partial charge >= 0.3 is 0 Å². The van der Waals surface area contributed by atoms with E-state index in [0.717, 1.165) is 27.1 Å². The fourth-order valence-electron chi connectivity index (χ4n) is 3.78. The fourth-order valence-corrected chi connectivity index (χ4v) is 4.17. The number of rotatable bonds is 3. The summed E-state index contributed by atoms with van der Waals surface area (Å²) in [6.07, 6.45) is -0.101. The van der Waals surface area contributed by atoms with E-state index < -0.39 is 6.23 Å². The summed E-state index contributed by atoms with van der Waals surface area (Å²) < 4.78 is 7.14. The van der Waals surface area contributed by atoms with Crippen LogP contribution in [0.4, 0.5) is 0 Å². The van der Waals surface area contributed by atoms with Crippen LogP contribution in [0.2, 0.25) is 5.02 Å². The van der Waals surface area contributed by atoms with E-state index in [1.807, 2.05) is 48.5 Å². The first-order valence-electron chi connectivity index (χ1n) is 9.27. The number of fused-ring (bicyclic) bond motifs is 3. The Morgan fingerprint density at radius 1 is 1.03 bits per heavy atom. The van der Waals surface area contributed by atoms with Crippen molar-refractivity contribution >= 4 is 39.0 Å². The number of carbonyl (C=O) groups is 1. The molecule has 0 N–H and O–H groups in total. The number of para-hydroxylation sites is 1. The van der Waals surface area contributed by atoms with Crippen molar-refractivity contribution in [3.8, 4) is 5.75 Å². The molecule has 0 aromatic heterocycles. The third kappa shape index (κ3) is 3.34. The zero-order valence-corrected chi connectivity index (χ0v) is 17.6. The first-order chi connectivity index (χ1) is 14.1. The fraction of sp³-hybridized carbons (Fsp3) is 0.130. The number of nitrogens with zero attached hydrogens (tertiary/aromatic N) is 2. The van der Waals surface area contributed by atoms with Gasteiger partial charge < -0.3 is 4.74 Å². The summed E-state index contributed by atoms with van der Waals surface area (Å²) in [7, 11) is 0. The lowest BCUT2D eigenvalue weighted by molar-refractivity contribution is -0.00455. The van der Waals surface area contributed by atoms with Gasteiger partial charge in [-0.1, -0.05) is 57.9 Å². The average molecular weight is 468 g/mol. The molecule has 0 saturated carbocycles. The number of halogens is 2. The quantitative estimate of drug-likeness (QED) is 0.453. The molecule has 144 valence electrons. The van der Waals surface area contributed by atoms with Gasteiger partial charge in [0, 0.05) is 27.0 Å². The molecule has 4 nitrogen and oxygen atoms in total. The molecule has 0 fully saturated rings. The summed E-state index contributed by atoms with van der Waals surface area (Å²) in [5, 5.41) is 7.21. The summed E-state index contributed by atoms with van der Waals surface area (Å²) in [5.74, 6) is 0.593. The van der Waals surface area contributed by atoms with Crippen LogP contribution in [0.3, 0.4) is 0 Å². The van der Waals surface area contributed by atoms with Crippen LogP contribution >= 0.6 is 27.5 Å². The first kappa shape index (κ1) is 18.4. The van der Waals surface area contributed by atoms with Crippen molar-refractivity contribution < 1.29 is 9.53 Å². The standard InChI is InChI=1S/C23H16BrClN2O2/c24-16-9-5-14(6-10-16)19-13-20-18-3-1-2-4-21(18)29-23(27(20)26-19)22(28)15-7-11-17(25)12-8-15/h1-12,20,23H,13H2/t20-,23-/m1/s1. The maximum absolute atomic E-state index is 13.3. The lowest BCUT2D eigenvalue weighted by Gasteiger charge is -2.37. The van der Waals surface area contributed by atoms with Crippen molar-refractivity contribution in [2.24, 2.45) is 5.10 Å². The lowest BCUT2D eigenvalue weighted by Crippen LogP contribution is -2.45. The number of hydrogen-bond donors (Lipinski definition) is 0. The second-order valence-corrected chi connectivity index (χ2v) is 8.38. The Morgan fingerprint density at radius 2 is 1.76 bits per heavy atom. The molecule has 2 aliphatic rings. The highest BCUT2D eigenvalue weighted by Crippen LogP contribution is 2.43. The Bertz CT molecular complexity index is 1110. The molecule has 0 unspecified atom stereocenters. The molecule has 0 aliphatic carbocycles. The molecular formula is C23H16BrClN2O2. The smallest absolute Gasteiger partial charge is 0.251 e. The van der Waals surface area contributed by atoms with Crippen molar-refractivity contribution in [2.75, 3.05) is 0 Å².